The van der Waals surface area contributed by atoms with Crippen molar-refractivity contribution in [3.8, 4) is 11.1 Å². The fraction of sp³-hybridized carbons (Fsp3) is 0.393. The number of aromatic nitrogens is 2. The van der Waals surface area contributed by atoms with Gasteiger partial charge < -0.3 is 19.1 Å². The highest BCUT2D eigenvalue weighted by Gasteiger charge is 2.24. The summed E-state index contributed by atoms with van der Waals surface area (Å²) in [6, 6.07) is 15.2. The van der Waals surface area contributed by atoms with Crippen LogP contribution in [0.2, 0.25) is 0 Å². The van der Waals surface area contributed by atoms with Crippen molar-refractivity contribution >= 4 is 11.9 Å². The van der Waals surface area contributed by atoms with Gasteiger partial charge in [-0.15, -0.1) is 0 Å². The Hall–Kier alpha value is -3.45. The lowest BCUT2D eigenvalue weighted by Gasteiger charge is -2.20. The Kier molecular flexibility index (Phi) is 8.46. The zero-order valence-electron chi connectivity index (χ0n) is 21.1. The topological polar surface area (TPSA) is 90.6 Å². The lowest BCUT2D eigenvalue weighted by atomic mass is 9.98. The van der Waals surface area contributed by atoms with Crippen molar-refractivity contribution in [1.82, 2.24) is 9.55 Å². The van der Waals surface area contributed by atoms with Crippen LogP contribution in [0, 0.1) is 0 Å². The number of benzene rings is 2. The van der Waals surface area contributed by atoms with E-state index in [1.165, 1.54) is 7.11 Å². The molecule has 1 heterocycles. The van der Waals surface area contributed by atoms with E-state index >= 15 is 0 Å². The van der Waals surface area contributed by atoms with Gasteiger partial charge >= 0.3 is 11.9 Å². The molecule has 2 aromatic carbocycles. The van der Waals surface area contributed by atoms with Gasteiger partial charge in [-0.05, 0) is 49.9 Å². The van der Waals surface area contributed by atoms with E-state index in [2.05, 4.69) is 11.9 Å². The molecule has 3 aromatic rings. The molecule has 0 unspecified atom stereocenters. The van der Waals surface area contributed by atoms with Crippen molar-refractivity contribution in [3.63, 3.8) is 0 Å². The first-order valence-electron chi connectivity index (χ1n) is 11.9. The minimum absolute atomic E-state index is 0.278. The second-order valence-electron chi connectivity index (χ2n) is 9.41. The van der Waals surface area contributed by atoms with Crippen LogP contribution < -0.4 is 0 Å². The molecule has 0 radical (unpaired) electrons. The molecule has 3 rings (SSSR count). The summed E-state index contributed by atoms with van der Waals surface area (Å²) in [7, 11) is 1.32. The van der Waals surface area contributed by atoms with E-state index in [1.54, 1.807) is 6.07 Å². The fourth-order valence-electron chi connectivity index (χ4n) is 3.90. The molecule has 1 N–H and O–H groups in total. The number of esters is 2. The lowest BCUT2D eigenvalue weighted by molar-refractivity contribution is 0.00702. The Bertz CT molecular complexity index is 1170. The maximum Gasteiger partial charge on any atom is 0.356 e. The number of ether oxygens (including phenoxy) is 2. The molecule has 0 aliphatic carbocycles. The number of rotatable bonds is 9. The number of carbonyl (C=O) groups is 2. The van der Waals surface area contributed by atoms with Gasteiger partial charge in [-0.1, -0.05) is 55.8 Å². The van der Waals surface area contributed by atoms with Crippen LogP contribution in [0.1, 0.15) is 78.5 Å². The third-order valence-corrected chi connectivity index (χ3v) is 5.55. The second-order valence-corrected chi connectivity index (χ2v) is 9.41. The molecule has 0 fully saturated rings. The van der Waals surface area contributed by atoms with Gasteiger partial charge in [-0.2, -0.15) is 0 Å². The van der Waals surface area contributed by atoms with Gasteiger partial charge in [0.2, 0.25) is 0 Å². The number of methoxy groups -OCH3 is 1. The maximum atomic E-state index is 12.8. The number of aliphatic hydroxyl groups excluding tert-OH is 1. The summed E-state index contributed by atoms with van der Waals surface area (Å²) in [5.41, 5.74) is 3.15. The zero-order chi connectivity index (χ0) is 25.6. The summed E-state index contributed by atoms with van der Waals surface area (Å²) in [6.07, 6.45) is 2.60. The first-order valence-corrected chi connectivity index (χ1v) is 11.9. The molecule has 186 valence electrons. The molecule has 0 bridgehead atoms. The Morgan fingerprint density at radius 1 is 1.03 bits per heavy atom. The third kappa shape index (κ3) is 6.36. The average molecular weight is 479 g/mol. The minimum Gasteiger partial charge on any atom is -0.464 e. The van der Waals surface area contributed by atoms with Gasteiger partial charge in [0.25, 0.3) is 0 Å². The SMILES string of the molecule is CCCCc1nc(CO)c(C(=O)OC)n1Cc1ccc(-c2ccccc2C(=O)OC(C)(C)C)cc1. The van der Waals surface area contributed by atoms with Crippen LogP contribution in [-0.4, -0.2) is 39.3 Å². The van der Waals surface area contributed by atoms with Gasteiger partial charge in [-0.3, -0.25) is 0 Å². The molecule has 0 spiro atoms. The summed E-state index contributed by atoms with van der Waals surface area (Å²) < 4.78 is 12.4. The van der Waals surface area contributed by atoms with E-state index in [0.717, 1.165) is 35.4 Å². The predicted molar refractivity (Wildman–Crippen MR) is 134 cm³/mol. The first-order chi connectivity index (χ1) is 16.7. The van der Waals surface area contributed by atoms with E-state index in [-0.39, 0.29) is 18.3 Å². The van der Waals surface area contributed by atoms with Crippen LogP contribution in [0.25, 0.3) is 11.1 Å². The van der Waals surface area contributed by atoms with Gasteiger partial charge in [0.15, 0.2) is 5.69 Å². The standard InChI is InChI=1S/C28H34N2O5/c1-6-7-12-24-29-23(18-31)25(27(33)34-5)30(24)17-19-13-15-20(16-14-19)21-10-8-9-11-22(21)26(32)35-28(2,3)4/h8-11,13-16,31H,6-7,12,17-18H2,1-5H3. The number of carbonyl (C=O) groups excluding carboxylic acids is 2. The number of imidazole rings is 1. The van der Waals surface area contributed by atoms with E-state index in [0.29, 0.717) is 24.2 Å². The van der Waals surface area contributed by atoms with E-state index in [9.17, 15) is 14.7 Å². The Morgan fingerprint density at radius 2 is 1.71 bits per heavy atom. The summed E-state index contributed by atoms with van der Waals surface area (Å²) >= 11 is 0. The number of aryl methyl sites for hydroxylation is 1. The normalized spacial score (nSPS) is 11.4. The van der Waals surface area contributed by atoms with Crippen LogP contribution in [0.3, 0.4) is 0 Å². The average Bonchev–Trinajstić information content (AvgIpc) is 3.18. The molecule has 0 saturated carbocycles. The van der Waals surface area contributed by atoms with Gasteiger partial charge in [-0.25, -0.2) is 14.6 Å². The van der Waals surface area contributed by atoms with Crippen molar-refractivity contribution < 1.29 is 24.2 Å². The third-order valence-electron chi connectivity index (χ3n) is 5.55. The largest absolute Gasteiger partial charge is 0.464 e. The minimum atomic E-state index is -0.584. The van der Waals surface area contributed by atoms with Gasteiger partial charge in [0.05, 0.1) is 25.0 Å². The van der Waals surface area contributed by atoms with Gasteiger partial charge in [0, 0.05) is 13.0 Å². The lowest BCUT2D eigenvalue weighted by Crippen LogP contribution is -2.24. The van der Waals surface area contributed by atoms with Crippen LogP contribution in [-0.2, 0) is 29.0 Å². The monoisotopic (exact) mass is 478 g/mol. The van der Waals surface area contributed by atoms with Crippen molar-refractivity contribution in [2.45, 2.75) is 65.7 Å². The summed E-state index contributed by atoms with van der Waals surface area (Å²) in [5, 5.41) is 9.77. The molecule has 0 amide bonds. The molecular weight excluding hydrogens is 444 g/mol. The molecule has 7 nitrogen and oxygen atoms in total. The molecule has 0 aliphatic heterocycles. The number of hydrogen-bond acceptors (Lipinski definition) is 6. The Balaban J connectivity index is 1.94. The summed E-state index contributed by atoms with van der Waals surface area (Å²) in [5.74, 6) is -0.140. The van der Waals surface area contributed by atoms with Crippen LogP contribution >= 0.6 is 0 Å². The quantitative estimate of drug-likeness (QED) is 0.427. The van der Waals surface area contributed by atoms with Crippen LogP contribution in [0.4, 0.5) is 0 Å². The molecular formula is C28H34N2O5. The number of aliphatic hydroxyl groups is 1. The highest BCUT2D eigenvalue weighted by Crippen LogP contribution is 2.27. The molecule has 0 atom stereocenters. The van der Waals surface area contributed by atoms with Gasteiger partial charge in [0.1, 0.15) is 11.4 Å². The highest BCUT2D eigenvalue weighted by atomic mass is 16.6. The van der Waals surface area contributed by atoms with E-state index in [1.807, 2.05) is 67.8 Å². The zero-order valence-corrected chi connectivity index (χ0v) is 21.1. The molecule has 1 aromatic heterocycles. The second kappa shape index (κ2) is 11.3. The fourth-order valence-corrected chi connectivity index (χ4v) is 3.90. The molecule has 7 heteroatoms. The maximum absolute atomic E-state index is 12.8. The van der Waals surface area contributed by atoms with Crippen molar-refractivity contribution in [2.24, 2.45) is 0 Å². The Morgan fingerprint density at radius 3 is 2.31 bits per heavy atom. The highest BCUT2D eigenvalue weighted by molar-refractivity contribution is 5.97. The first kappa shape index (κ1) is 26.2. The van der Waals surface area contributed by atoms with Crippen molar-refractivity contribution in [2.75, 3.05) is 7.11 Å². The van der Waals surface area contributed by atoms with Crippen LogP contribution in [0.15, 0.2) is 48.5 Å². The number of hydrogen-bond donors (Lipinski definition) is 1. The van der Waals surface area contributed by atoms with Crippen molar-refractivity contribution in [3.05, 3.63) is 76.9 Å². The Labute approximate surface area is 206 Å². The molecule has 0 saturated heterocycles. The van der Waals surface area contributed by atoms with E-state index in [4.69, 9.17) is 9.47 Å². The predicted octanol–water partition coefficient (Wildman–Crippen LogP) is 5.18. The van der Waals surface area contributed by atoms with Crippen molar-refractivity contribution in [1.29, 1.82) is 0 Å². The molecule has 0 aliphatic rings. The van der Waals surface area contributed by atoms with Crippen LogP contribution in [0.5, 0.6) is 0 Å². The smallest absolute Gasteiger partial charge is 0.356 e. The summed E-state index contributed by atoms with van der Waals surface area (Å²) in [4.78, 5) is 29.8. The number of nitrogens with zero attached hydrogens (tertiary/aromatic N) is 2. The number of unbranched alkanes of at least 4 members (excludes halogenated alkanes) is 1. The van der Waals surface area contributed by atoms with E-state index < -0.39 is 11.6 Å². The summed E-state index contributed by atoms with van der Waals surface area (Å²) in [6.45, 7) is 7.70. The molecule has 35 heavy (non-hydrogen) atoms.